The van der Waals surface area contributed by atoms with Crippen molar-refractivity contribution >= 4 is 23.2 Å². The molecule has 0 aliphatic heterocycles. The molecule has 0 aliphatic carbocycles. The molecule has 0 bridgehead atoms. The van der Waals surface area contributed by atoms with Crippen LogP contribution in [-0.4, -0.2) is 29.1 Å². The summed E-state index contributed by atoms with van der Waals surface area (Å²) in [5.41, 5.74) is 2.68. The summed E-state index contributed by atoms with van der Waals surface area (Å²) in [5, 5.41) is 12.3. The van der Waals surface area contributed by atoms with Crippen molar-refractivity contribution < 1.29 is 27.9 Å². The molecule has 0 radical (unpaired) electrons. The zero-order valence-corrected chi connectivity index (χ0v) is 15.1. The van der Waals surface area contributed by atoms with Crippen LogP contribution in [0.1, 0.15) is 22.8 Å². The van der Waals surface area contributed by atoms with Gasteiger partial charge in [0.05, 0.1) is 18.2 Å². The number of nitrogens with one attached hydrogen (secondary N) is 3. The molecule has 0 heterocycles. The van der Waals surface area contributed by atoms with Crippen molar-refractivity contribution in [3.63, 3.8) is 0 Å². The lowest BCUT2D eigenvalue weighted by molar-refractivity contribution is -0.136. The summed E-state index contributed by atoms with van der Waals surface area (Å²) in [6.45, 7) is 8.10. The van der Waals surface area contributed by atoms with Crippen molar-refractivity contribution in [2.75, 3.05) is 5.32 Å². The van der Waals surface area contributed by atoms with E-state index in [9.17, 15) is 27.9 Å². The molecule has 2 amide bonds. The van der Waals surface area contributed by atoms with Gasteiger partial charge in [-0.15, -0.1) is 0 Å². The lowest BCUT2D eigenvalue weighted by Gasteiger charge is -2.23. The molecule has 4 N–H and O–H groups in total. The van der Waals surface area contributed by atoms with Gasteiger partial charge in [0.2, 0.25) is 0 Å². The molecule has 2 aromatic rings. The number of alkyl halides is 3. The van der Waals surface area contributed by atoms with Crippen LogP contribution >= 0.6 is 0 Å². The molecule has 0 aliphatic rings. The second-order valence-electron chi connectivity index (χ2n) is 6.01. The van der Waals surface area contributed by atoms with E-state index in [1.807, 2.05) is 0 Å². The van der Waals surface area contributed by atoms with Gasteiger partial charge in [0.25, 0.3) is 11.8 Å². The van der Waals surface area contributed by atoms with Gasteiger partial charge in [-0.1, -0.05) is 24.3 Å². The second kappa shape index (κ2) is 9.07. The van der Waals surface area contributed by atoms with Crippen molar-refractivity contribution in [3.8, 4) is 0 Å². The quantitative estimate of drug-likeness (QED) is 0.454. The molecule has 152 valence electrons. The maximum atomic E-state index is 13.1. The van der Waals surface area contributed by atoms with Crippen molar-refractivity contribution in [3.05, 3.63) is 71.1 Å². The average molecular weight is 406 g/mol. The molecule has 2 atom stereocenters. The number of halogens is 3. The van der Waals surface area contributed by atoms with E-state index in [1.165, 1.54) is 25.1 Å². The number of carbonyl (C=O) groups is 2. The van der Waals surface area contributed by atoms with Gasteiger partial charge in [-0.3, -0.25) is 20.4 Å². The minimum Gasteiger partial charge on any atom is -0.391 e. The summed E-state index contributed by atoms with van der Waals surface area (Å²) in [4.78, 5) is 27.1. The molecule has 0 fully saturated rings. The molecule has 0 saturated carbocycles. The normalized spacial score (nSPS) is 13.0. The molecule has 0 unspecified atom stereocenters. The van der Waals surface area contributed by atoms with Gasteiger partial charge >= 0.3 is 6.18 Å². The van der Waals surface area contributed by atoms with E-state index in [2.05, 4.69) is 21.0 Å². The first-order valence-electron chi connectivity index (χ1n) is 8.32. The fourth-order valence-electron chi connectivity index (χ4n) is 2.39. The van der Waals surface area contributed by atoms with Crippen LogP contribution in [0.4, 0.5) is 24.5 Å². The number of hydrazine groups is 1. The Kier molecular flexibility index (Phi) is 6.80. The van der Waals surface area contributed by atoms with E-state index in [0.29, 0.717) is 6.07 Å². The highest BCUT2D eigenvalue weighted by Gasteiger charge is 2.34. The van der Waals surface area contributed by atoms with Crippen LogP contribution in [0.25, 0.3) is 4.85 Å². The van der Waals surface area contributed by atoms with Crippen LogP contribution in [0.15, 0.2) is 48.5 Å². The van der Waals surface area contributed by atoms with Gasteiger partial charge in [0.15, 0.2) is 5.69 Å². The maximum Gasteiger partial charge on any atom is 0.407 e. The summed E-state index contributed by atoms with van der Waals surface area (Å²) in [6, 6.07) is 9.46. The van der Waals surface area contributed by atoms with Gasteiger partial charge in [-0.05, 0) is 31.2 Å². The largest absolute Gasteiger partial charge is 0.407 e. The van der Waals surface area contributed by atoms with Crippen LogP contribution in [0.2, 0.25) is 0 Å². The van der Waals surface area contributed by atoms with E-state index in [4.69, 9.17) is 6.57 Å². The van der Waals surface area contributed by atoms with E-state index >= 15 is 0 Å². The Morgan fingerprint density at radius 3 is 2.31 bits per heavy atom. The Morgan fingerprint density at radius 1 is 1.10 bits per heavy atom. The fraction of sp³-hybridized carbons (Fsp3) is 0.211. The van der Waals surface area contributed by atoms with Crippen LogP contribution in [-0.2, 0) is 11.0 Å². The van der Waals surface area contributed by atoms with Gasteiger partial charge in [-0.2, -0.15) is 13.2 Å². The zero-order valence-electron chi connectivity index (χ0n) is 15.1. The number of hydrogen-bond donors (Lipinski definition) is 4. The van der Waals surface area contributed by atoms with E-state index in [-0.39, 0.29) is 11.3 Å². The van der Waals surface area contributed by atoms with Crippen molar-refractivity contribution in [2.45, 2.75) is 25.2 Å². The van der Waals surface area contributed by atoms with Gasteiger partial charge in [0, 0.05) is 11.3 Å². The molecular formula is C19H17F3N4O3. The zero-order chi connectivity index (χ0) is 21.6. The number of aliphatic hydroxyl groups is 1. The van der Waals surface area contributed by atoms with Crippen LogP contribution in [0.5, 0.6) is 0 Å². The number of aliphatic hydroxyl groups excluding tert-OH is 1. The highest BCUT2D eigenvalue weighted by molar-refractivity contribution is 5.96. The topological polar surface area (TPSA) is 94.8 Å². The molecule has 2 rings (SSSR count). The minimum atomic E-state index is -4.76. The lowest BCUT2D eigenvalue weighted by atomic mass is 10.1. The van der Waals surface area contributed by atoms with Gasteiger partial charge in [0.1, 0.15) is 6.04 Å². The summed E-state index contributed by atoms with van der Waals surface area (Å²) < 4.78 is 39.3. The van der Waals surface area contributed by atoms with Crippen LogP contribution in [0, 0.1) is 6.57 Å². The Hall–Kier alpha value is -3.58. The minimum absolute atomic E-state index is 0.125. The third-order valence-corrected chi connectivity index (χ3v) is 3.84. The fourth-order valence-corrected chi connectivity index (χ4v) is 2.39. The standard InChI is InChI=1S/C19H17F3N4O3/c1-11(27)16(18(29)26-25-17(28)12-6-4-3-5-7-12)24-13-8-9-15(23-2)14(10-13)19(20,21)22/h3-11,16,24,27H,1H3,(H,25,28)(H,26,29)/t11-,16+/m0/s1. The number of nitrogens with zero attached hydrogens (tertiary/aromatic N) is 1. The molecule has 0 spiro atoms. The van der Waals surface area contributed by atoms with Crippen molar-refractivity contribution in [1.29, 1.82) is 0 Å². The third kappa shape index (κ3) is 5.70. The Balaban J connectivity index is 2.13. The smallest absolute Gasteiger partial charge is 0.391 e. The second-order valence-corrected chi connectivity index (χ2v) is 6.01. The number of rotatable bonds is 5. The first-order valence-corrected chi connectivity index (χ1v) is 8.32. The van der Waals surface area contributed by atoms with Crippen LogP contribution < -0.4 is 16.2 Å². The molecule has 0 aromatic heterocycles. The van der Waals surface area contributed by atoms with Gasteiger partial charge in [-0.25, -0.2) is 4.85 Å². The monoisotopic (exact) mass is 406 g/mol. The van der Waals surface area contributed by atoms with Crippen molar-refractivity contribution in [1.82, 2.24) is 10.9 Å². The van der Waals surface area contributed by atoms with Gasteiger partial charge < -0.3 is 10.4 Å². The molecule has 7 nitrogen and oxygen atoms in total. The molecular weight excluding hydrogens is 389 g/mol. The molecule has 2 aromatic carbocycles. The predicted molar refractivity (Wildman–Crippen MR) is 98.8 cm³/mol. The Morgan fingerprint density at radius 2 is 1.76 bits per heavy atom. The number of anilines is 1. The number of hydrogen-bond acceptors (Lipinski definition) is 4. The summed E-state index contributed by atoms with van der Waals surface area (Å²) >= 11 is 0. The molecule has 10 heteroatoms. The van der Waals surface area contributed by atoms with E-state index in [1.54, 1.807) is 18.2 Å². The van der Waals surface area contributed by atoms with E-state index < -0.39 is 41.4 Å². The predicted octanol–water partition coefficient (Wildman–Crippen LogP) is 2.88. The molecule has 0 saturated heterocycles. The summed E-state index contributed by atoms with van der Waals surface area (Å²) in [5.74, 6) is -1.48. The number of carbonyl (C=O) groups excluding carboxylic acids is 2. The Labute approximate surface area is 164 Å². The van der Waals surface area contributed by atoms with E-state index in [0.717, 1.165) is 6.07 Å². The SMILES string of the molecule is [C-]#[N+]c1ccc(N[C@@H](C(=O)NNC(=O)c2ccccc2)[C@H](C)O)cc1C(F)(F)F. The first-order chi connectivity index (χ1) is 13.6. The first kappa shape index (κ1) is 21.7. The molecule has 29 heavy (non-hydrogen) atoms. The number of amides is 2. The average Bonchev–Trinajstić information content (AvgIpc) is 2.69. The third-order valence-electron chi connectivity index (χ3n) is 3.84. The van der Waals surface area contributed by atoms with Crippen LogP contribution in [0.3, 0.4) is 0 Å². The summed E-state index contributed by atoms with van der Waals surface area (Å²) in [6.07, 6.45) is -6.07. The Bertz CT molecular complexity index is 925. The summed E-state index contributed by atoms with van der Waals surface area (Å²) in [7, 11) is 0. The highest BCUT2D eigenvalue weighted by Crippen LogP contribution is 2.38. The maximum absolute atomic E-state index is 13.1. The number of benzene rings is 2. The van der Waals surface area contributed by atoms with Crippen molar-refractivity contribution in [2.24, 2.45) is 0 Å². The highest BCUT2D eigenvalue weighted by atomic mass is 19.4. The lowest BCUT2D eigenvalue weighted by Crippen LogP contribution is -2.52.